The standard InChI is InChI=1S/C19H26N2O2S/c1-13-11-20-16(14(2)19(13)23-3)12-21-8-6-15(7-9-21)18(22)17-5-4-10-24-17/h4-5,10-11,15,18,22H,6-9,12H2,1-3H3. The second-order valence-electron chi connectivity index (χ2n) is 6.62. The summed E-state index contributed by atoms with van der Waals surface area (Å²) in [5, 5.41) is 12.6. The smallest absolute Gasteiger partial charge is 0.128 e. The number of aliphatic hydroxyl groups excluding tert-OH is 1. The lowest BCUT2D eigenvalue weighted by Crippen LogP contribution is -2.35. The third-order valence-corrected chi connectivity index (χ3v) is 5.98. The Bertz CT molecular complexity index is 664. The number of ether oxygens (including phenoxy) is 1. The topological polar surface area (TPSA) is 45.6 Å². The van der Waals surface area contributed by atoms with Crippen LogP contribution in [0.2, 0.25) is 0 Å². The molecule has 0 aliphatic carbocycles. The summed E-state index contributed by atoms with van der Waals surface area (Å²) in [4.78, 5) is 8.13. The lowest BCUT2D eigenvalue weighted by Gasteiger charge is -2.34. The lowest BCUT2D eigenvalue weighted by molar-refractivity contribution is 0.0586. The molecule has 0 bridgehead atoms. The Labute approximate surface area is 148 Å². The molecule has 1 aliphatic heterocycles. The SMILES string of the molecule is COc1c(C)cnc(CN2CCC(C(O)c3cccs3)CC2)c1C. The summed E-state index contributed by atoms with van der Waals surface area (Å²) in [6.45, 7) is 6.97. The van der Waals surface area contributed by atoms with Crippen LogP contribution in [-0.2, 0) is 6.54 Å². The minimum absolute atomic E-state index is 0.313. The second kappa shape index (κ2) is 7.64. The molecule has 0 radical (unpaired) electrons. The molecule has 0 saturated carbocycles. The Balaban J connectivity index is 1.60. The van der Waals surface area contributed by atoms with Gasteiger partial charge in [0.2, 0.25) is 0 Å². The Morgan fingerprint density at radius 1 is 1.38 bits per heavy atom. The number of aromatic nitrogens is 1. The molecular formula is C19H26N2O2S. The Hall–Kier alpha value is -1.43. The number of pyridine rings is 1. The maximum atomic E-state index is 10.5. The van der Waals surface area contributed by atoms with Gasteiger partial charge in [-0.3, -0.25) is 9.88 Å². The summed E-state index contributed by atoms with van der Waals surface area (Å²) < 4.78 is 5.51. The average molecular weight is 346 g/mol. The van der Waals surface area contributed by atoms with E-state index < -0.39 is 0 Å². The highest BCUT2D eigenvalue weighted by atomic mass is 32.1. The summed E-state index contributed by atoms with van der Waals surface area (Å²) in [6.07, 6.45) is 3.64. The molecule has 1 atom stereocenters. The molecule has 1 fully saturated rings. The van der Waals surface area contributed by atoms with Crippen molar-refractivity contribution in [1.82, 2.24) is 9.88 Å². The van der Waals surface area contributed by atoms with Crippen LogP contribution < -0.4 is 4.74 Å². The first-order chi connectivity index (χ1) is 11.6. The highest BCUT2D eigenvalue weighted by Gasteiger charge is 2.27. The summed E-state index contributed by atoms with van der Waals surface area (Å²) in [6, 6.07) is 4.05. The summed E-state index contributed by atoms with van der Waals surface area (Å²) >= 11 is 1.65. The second-order valence-corrected chi connectivity index (χ2v) is 7.60. The van der Waals surface area contributed by atoms with Crippen molar-refractivity contribution in [3.8, 4) is 5.75 Å². The molecule has 24 heavy (non-hydrogen) atoms. The number of likely N-dealkylation sites (tertiary alicyclic amines) is 1. The molecule has 3 heterocycles. The minimum Gasteiger partial charge on any atom is -0.496 e. The third-order valence-electron chi connectivity index (χ3n) is 5.04. The van der Waals surface area contributed by atoms with Gasteiger partial charge in [-0.2, -0.15) is 0 Å². The Kier molecular flexibility index (Phi) is 5.54. The van der Waals surface area contributed by atoms with Gasteiger partial charge in [0.05, 0.1) is 18.9 Å². The average Bonchev–Trinajstić information content (AvgIpc) is 3.12. The van der Waals surface area contributed by atoms with E-state index in [2.05, 4.69) is 16.8 Å². The quantitative estimate of drug-likeness (QED) is 0.896. The zero-order valence-electron chi connectivity index (χ0n) is 14.7. The molecule has 0 spiro atoms. The first kappa shape index (κ1) is 17.4. The maximum Gasteiger partial charge on any atom is 0.128 e. The van der Waals surface area contributed by atoms with Crippen molar-refractivity contribution in [1.29, 1.82) is 0 Å². The summed E-state index contributed by atoms with van der Waals surface area (Å²) in [7, 11) is 1.72. The van der Waals surface area contributed by atoms with E-state index in [1.807, 2.05) is 30.6 Å². The molecule has 1 aliphatic rings. The van der Waals surface area contributed by atoms with Crippen LogP contribution in [0.1, 0.15) is 40.6 Å². The van der Waals surface area contributed by atoms with Crippen molar-refractivity contribution < 1.29 is 9.84 Å². The number of thiophene rings is 1. The molecule has 1 saturated heterocycles. The Morgan fingerprint density at radius 2 is 2.12 bits per heavy atom. The maximum absolute atomic E-state index is 10.5. The number of nitrogens with zero attached hydrogens (tertiary/aromatic N) is 2. The summed E-state index contributed by atoms with van der Waals surface area (Å²) in [5.41, 5.74) is 3.31. The van der Waals surface area contributed by atoms with Gasteiger partial charge in [-0.15, -0.1) is 11.3 Å². The normalized spacial score (nSPS) is 17.8. The number of hydrogen-bond acceptors (Lipinski definition) is 5. The van der Waals surface area contributed by atoms with Crippen LogP contribution in [0.4, 0.5) is 0 Å². The third kappa shape index (κ3) is 3.63. The Morgan fingerprint density at radius 3 is 2.75 bits per heavy atom. The van der Waals surface area contributed by atoms with Gasteiger partial charge in [0.1, 0.15) is 5.75 Å². The van der Waals surface area contributed by atoms with E-state index in [0.29, 0.717) is 5.92 Å². The van der Waals surface area contributed by atoms with Crippen molar-refractivity contribution in [2.24, 2.45) is 5.92 Å². The van der Waals surface area contributed by atoms with E-state index in [4.69, 9.17) is 4.74 Å². The van der Waals surface area contributed by atoms with Crippen molar-refractivity contribution in [3.63, 3.8) is 0 Å². The van der Waals surface area contributed by atoms with Gasteiger partial charge in [0, 0.05) is 28.7 Å². The van der Waals surface area contributed by atoms with Crippen LogP contribution in [0.15, 0.2) is 23.7 Å². The number of aryl methyl sites for hydroxylation is 1. The lowest BCUT2D eigenvalue weighted by atomic mass is 9.90. The highest BCUT2D eigenvalue weighted by Crippen LogP contribution is 2.33. The fourth-order valence-electron chi connectivity index (χ4n) is 3.56. The number of aliphatic hydroxyl groups is 1. The first-order valence-corrected chi connectivity index (χ1v) is 9.41. The number of piperidine rings is 1. The van der Waals surface area contributed by atoms with Gasteiger partial charge in [0.15, 0.2) is 0 Å². The molecule has 4 nitrogen and oxygen atoms in total. The van der Waals surface area contributed by atoms with Gasteiger partial charge in [-0.05, 0) is 57.1 Å². The highest BCUT2D eigenvalue weighted by molar-refractivity contribution is 7.10. The molecule has 0 aromatic carbocycles. The van der Waals surface area contributed by atoms with Crippen molar-refractivity contribution in [2.45, 2.75) is 39.3 Å². The molecule has 0 amide bonds. The predicted octanol–water partition coefficient (Wildman–Crippen LogP) is 3.71. The van der Waals surface area contributed by atoms with E-state index >= 15 is 0 Å². The van der Waals surface area contributed by atoms with E-state index in [9.17, 15) is 5.11 Å². The number of rotatable bonds is 5. The predicted molar refractivity (Wildman–Crippen MR) is 97.5 cm³/mol. The van der Waals surface area contributed by atoms with Crippen LogP contribution in [0, 0.1) is 19.8 Å². The first-order valence-electron chi connectivity index (χ1n) is 8.53. The van der Waals surface area contributed by atoms with Crippen LogP contribution >= 0.6 is 11.3 Å². The molecule has 1 unspecified atom stereocenters. The molecule has 2 aromatic rings. The molecule has 1 N–H and O–H groups in total. The zero-order chi connectivity index (χ0) is 17.1. The molecule has 3 rings (SSSR count). The molecular weight excluding hydrogens is 320 g/mol. The zero-order valence-corrected chi connectivity index (χ0v) is 15.5. The van der Waals surface area contributed by atoms with Gasteiger partial charge in [-0.25, -0.2) is 0 Å². The van der Waals surface area contributed by atoms with E-state index in [1.54, 1.807) is 18.4 Å². The van der Waals surface area contributed by atoms with Crippen LogP contribution in [0.5, 0.6) is 5.75 Å². The van der Waals surface area contributed by atoms with Crippen LogP contribution in [0.25, 0.3) is 0 Å². The van der Waals surface area contributed by atoms with E-state index in [-0.39, 0.29) is 6.10 Å². The van der Waals surface area contributed by atoms with Gasteiger partial charge in [0.25, 0.3) is 0 Å². The van der Waals surface area contributed by atoms with Crippen molar-refractivity contribution in [2.75, 3.05) is 20.2 Å². The van der Waals surface area contributed by atoms with Gasteiger partial charge < -0.3 is 9.84 Å². The largest absolute Gasteiger partial charge is 0.496 e. The molecule has 130 valence electrons. The minimum atomic E-state index is -0.313. The van der Waals surface area contributed by atoms with Crippen molar-refractivity contribution >= 4 is 11.3 Å². The van der Waals surface area contributed by atoms with Crippen LogP contribution in [0.3, 0.4) is 0 Å². The fraction of sp³-hybridized carbons (Fsp3) is 0.526. The number of hydrogen-bond donors (Lipinski definition) is 1. The van der Waals surface area contributed by atoms with Gasteiger partial charge >= 0.3 is 0 Å². The van der Waals surface area contributed by atoms with E-state index in [1.165, 1.54) is 0 Å². The molecule has 5 heteroatoms. The monoisotopic (exact) mass is 346 g/mol. The summed E-state index contributed by atoms with van der Waals surface area (Å²) in [5.74, 6) is 1.31. The number of methoxy groups -OCH3 is 1. The van der Waals surface area contributed by atoms with Crippen LogP contribution in [-0.4, -0.2) is 35.2 Å². The van der Waals surface area contributed by atoms with Gasteiger partial charge in [-0.1, -0.05) is 6.07 Å². The fourth-order valence-corrected chi connectivity index (χ4v) is 4.36. The van der Waals surface area contributed by atoms with E-state index in [0.717, 1.165) is 59.9 Å². The van der Waals surface area contributed by atoms with Crippen molar-refractivity contribution in [3.05, 3.63) is 45.4 Å². The molecule has 2 aromatic heterocycles.